The predicted molar refractivity (Wildman–Crippen MR) is 134 cm³/mol. The molecule has 0 unspecified atom stereocenters. The van der Waals surface area contributed by atoms with Crippen molar-refractivity contribution in [3.8, 4) is 11.5 Å². The molecule has 168 valence electrons. The van der Waals surface area contributed by atoms with E-state index >= 15 is 0 Å². The number of thiazole rings is 1. The number of rotatable bonds is 3. The molecule has 0 saturated carbocycles. The molecule has 1 aliphatic carbocycles. The number of phenols is 1. The number of aromatic hydroxyl groups is 1. The lowest BCUT2D eigenvalue weighted by atomic mass is 9.83. The van der Waals surface area contributed by atoms with Crippen LogP contribution in [0.25, 0.3) is 11.8 Å². The van der Waals surface area contributed by atoms with Crippen molar-refractivity contribution in [1.82, 2.24) is 4.57 Å². The molecule has 0 bridgehead atoms. The standard InChI is InChI=1S/C28H22N2O3S/c1-33-23-14-11-17(15-22(23)31)16-24-27(32)30-26(19-8-3-2-4-9-19)21-13-12-18-7-5-6-10-20(18)25(21)29-28(30)34-24/h2-11,14-16,26,31H,12-13H2,1H3/b24-16+/t26-/m1/s1. The first-order valence-electron chi connectivity index (χ1n) is 11.2. The second-order valence-electron chi connectivity index (χ2n) is 8.46. The number of ether oxygens (including phenoxy) is 1. The molecule has 1 N–H and O–H groups in total. The van der Waals surface area contributed by atoms with Crippen LogP contribution in [0.15, 0.2) is 88.2 Å². The molecular formula is C28H22N2O3S. The van der Waals surface area contributed by atoms with Crippen LogP contribution in [0.1, 0.15) is 34.7 Å². The molecule has 4 aromatic rings. The Hall–Kier alpha value is -3.90. The molecule has 0 saturated heterocycles. The van der Waals surface area contributed by atoms with E-state index in [-0.39, 0.29) is 17.4 Å². The number of benzene rings is 3. The maximum Gasteiger partial charge on any atom is 0.271 e. The third-order valence-electron chi connectivity index (χ3n) is 6.49. The van der Waals surface area contributed by atoms with Crippen LogP contribution in [-0.4, -0.2) is 16.8 Å². The number of hydrogen-bond acceptors (Lipinski definition) is 5. The minimum atomic E-state index is -0.188. The van der Waals surface area contributed by atoms with E-state index in [4.69, 9.17) is 9.73 Å². The number of fused-ring (bicyclic) bond motifs is 3. The highest BCUT2D eigenvalue weighted by atomic mass is 32.1. The van der Waals surface area contributed by atoms with E-state index in [9.17, 15) is 9.90 Å². The number of allylic oxidation sites excluding steroid dienone is 1. The average molecular weight is 467 g/mol. The van der Waals surface area contributed by atoms with Crippen molar-refractivity contribution >= 4 is 23.1 Å². The van der Waals surface area contributed by atoms with E-state index in [1.807, 2.05) is 41.0 Å². The van der Waals surface area contributed by atoms with E-state index < -0.39 is 0 Å². The highest BCUT2D eigenvalue weighted by molar-refractivity contribution is 7.07. The Morgan fingerprint density at radius 1 is 1.06 bits per heavy atom. The van der Waals surface area contributed by atoms with Gasteiger partial charge < -0.3 is 9.84 Å². The van der Waals surface area contributed by atoms with E-state index in [2.05, 4.69) is 30.3 Å². The lowest BCUT2D eigenvalue weighted by Gasteiger charge is -2.30. The highest BCUT2D eigenvalue weighted by Gasteiger charge is 2.32. The zero-order valence-corrected chi connectivity index (χ0v) is 19.4. The third-order valence-corrected chi connectivity index (χ3v) is 7.47. The zero-order valence-electron chi connectivity index (χ0n) is 18.6. The molecule has 2 heterocycles. The second kappa shape index (κ2) is 8.15. The van der Waals surface area contributed by atoms with E-state index in [1.165, 1.54) is 29.6 Å². The van der Waals surface area contributed by atoms with Gasteiger partial charge >= 0.3 is 0 Å². The maximum absolute atomic E-state index is 13.7. The minimum Gasteiger partial charge on any atom is -0.504 e. The molecule has 2 aliphatic rings. The monoisotopic (exact) mass is 466 g/mol. The Kier molecular flexibility index (Phi) is 4.96. The van der Waals surface area contributed by atoms with E-state index in [0.717, 1.165) is 35.2 Å². The molecular weight excluding hydrogens is 444 g/mol. The summed E-state index contributed by atoms with van der Waals surface area (Å²) in [5.41, 5.74) is 6.37. The van der Waals surface area contributed by atoms with Crippen molar-refractivity contribution in [2.24, 2.45) is 4.99 Å². The van der Waals surface area contributed by atoms with Gasteiger partial charge in [0.1, 0.15) is 0 Å². The Morgan fingerprint density at radius 2 is 1.85 bits per heavy atom. The van der Waals surface area contributed by atoms with Crippen LogP contribution in [0.3, 0.4) is 0 Å². The molecule has 1 atom stereocenters. The highest BCUT2D eigenvalue weighted by Crippen LogP contribution is 2.41. The second-order valence-corrected chi connectivity index (χ2v) is 9.46. The summed E-state index contributed by atoms with van der Waals surface area (Å²) < 4.78 is 7.55. The van der Waals surface area contributed by atoms with Crippen LogP contribution in [0.2, 0.25) is 0 Å². The molecule has 1 aromatic heterocycles. The molecule has 1 aliphatic heterocycles. The van der Waals surface area contributed by atoms with Gasteiger partial charge in [0.05, 0.1) is 23.4 Å². The van der Waals surface area contributed by atoms with Gasteiger partial charge in [-0.2, -0.15) is 0 Å². The first kappa shape index (κ1) is 20.7. The Balaban J connectivity index is 1.59. The lowest BCUT2D eigenvalue weighted by molar-refractivity contribution is 0.373. The van der Waals surface area contributed by atoms with Crippen LogP contribution in [0.4, 0.5) is 0 Å². The van der Waals surface area contributed by atoms with Crippen LogP contribution >= 0.6 is 11.3 Å². The van der Waals surface area contributed by atoms with Crippen molar-refractivity contribution in [2.45, 2.75) is 18.9 Å². The smallest absolute Gasteiger partial charge is 0.271 e. The molecule has 0 spiro atoms. The molecule has 6 rings (SSSR count). The maximum atomic E-state index is 13.7. The van der Waals surface area contributed by atoms with Gasteiger partial charge in [-0.05, 0) is 53.3 Å². The van der Waals surface area contributed by atoms with Gasteiger partial charge in [0.2, 0.25) is 0 Å². The zero-order chi connectivity index (χ0) is 23.2. The quantitative estimate of drug-likeness (QED) is 0.496. The fraction of sp³-hybridized carbons (Fsp3) is 0.143. The summed E-state index contributed by atoms with van der Waals surface area (Å²) in [5, 5.41) is 10.2. The van der Waals surface area contributed by atoms with Gasteiger partial charge in [0.25, 0.3) is 5.56 Å². The van der Waals surface area contributed by atoms with Gasteiger partial charge in [0, 0.05) is 5.56 Å². The molecule has 3 aromatic carbocycles. The van der Waals surface area contributed by atoms with Crippen molar-refractivity contribution in [3.05, 3.63) is 120 Å². The summed E-state index contributed by atoms with van der Waals surface area (Å²) in [6.45, 7) is 0. The Labute approximate surface area is 200 Å². The van der Waals surface area contributed by atoms with Crippen molar-refractivity contribution in [1.29, 1.82) is 0 Å². The summed E-state index contributed by atoms with van der Waals surface area (Å²) >= 11 is 1.38. The minimum absolute atomic E-state index is 0.0401. The van der Waals surface area contributed by atoms with Crippen LogP contribution < -0.4 is 19.6 Å². The van der Waals surface area contributed by atoms with Crippen LogP contribution in [-0.2, 0) is 6.42 Å². The van der Waals surface area contributed by atoms with Crippen molar-refractivity contribution in [3.63, 3.8) is 0 Å². The van der Waals surface area contributed by atoms with Crippen molar-refractivity contribution in [2.75, 3.05) is 7.11 Å². The number of nitrogens with zero attached hydrogens (tertiary/aromatic N) is 2. The topological polar surface area (TPSA) is 63.8 Å². The first-order valence-corrected chi connectivity index (χ1v) is 12.0. The largest absolute Gasteiger partial charge is 0.504 e. The number of aryl methyl sites for hydroxylation is 1. The normalized spacial score (nSPS) is 17.0. The summed E-state index contributed by atoms with van der Waals surface area (Å²) in [7, 11) is 1.51. The number of methoxy groups -OCH3 is 1. The summed E-state index contributed by atoms with van der Waals surface area (Å²) in [6.07, 6.45) is 3.61. The van der Waals surface area contributed by atoms with E-state index in [0.29, 0.717) is 15.1 Å². The first-order chi connectivity index (χ1) is 16.6. The summed E-state index contributed by atoms with van der Waals surface area (Å²) in [5.74, 6) is 0.437. The molecule has 34 heavy (non-hydrogen) atoms. The van der Waals surface area contributed by atoms with Gasteiger partial charge in [-0.3, -0.25) is 9.36 Å². The van der Waals surface area contributed by atoms with E-state index in [1.54, 1.807) is 12.1 Å². The molecule has 0 fully saturated rings. The number of hydrogen-bond donors (Lipinski definition) is 1. The Morgan fingerprint density at radius 3 is 2.65 bits per heavy atom. The van der Waals surface area contributed by atoms with Gasteiger partial charge in [0.15, 0.2) is 16.3 Å². The van der Waals surface area contributed by atoms with Gasteiger partial charge in [-0.1, -0.05) is 72.0 Å². The van der Waals surface area contributed by atoms with Crippen LogP contribution in [0.5, 0.6) is 11.5 Å². The van der Waals surface area contributed by atoms with Crippen molar-refractivity contribution < 1.29 is 9.84 Å². The summed E-state index contributed by atoms with van der Waals surface area (Å²) in [4.78, 5) is 19.4. The SMILES string of the molecule is COc1ccc(/C=c2/sc3n(c2=O)[C@H](c2ccccc2)C2=C(N=3)c3ccccc3CC2)cc1O. The molecule has 0 amide bonds. The summed E-state index contributed by atoms with van der Waals surface area (Å²) in [6, 6.07) is 23.5. The number of aromatic nitrogens is 1. The fourth-order valence-electron chi connectivity index (χ4n) is 4.91. The lowest BCUT2D eigenvalue weighted by Crippen LogP contribution is -2.38. The fourth-order valence-corrected chi connectivity index (χ4v) is 5.91. The molecule has 5 nitrogen and oxygen atoms in total. The third kappa shape index (κ3) is 3.30. The molecule has 0 radical (unpaired) electrons. The predicted octanol–water partition coefficient (Wildman–Crippen LogP) is 4.03. The van der Waals surface area contributed by atoms with Gasteiger partial charge in [-0.15, -0.1) is 0 Å². The number of phenolic OH excluding ortho intramolecular Hbond substituents is 1. The molecule has 6 heteroatoms. The van der Waals surface area contributed by atoms with Gasteiger partial charge in [-0.25, -0.2) is 4.99 Å². The van der Waals surface area contributed by atoms with Crippen LogP contribution in [0, 0.1) is 0 Å². The average Bonchev–Trinajstić information content (AvgIpc) is 3.17. The Bertz CT molecular complexity index is 1630.